The SMILES string of the molecule is CCOc1ccccc1S(=O)(=O)NC(O)c1cc2c(C(F)(F)F)cc(C3CC3)cc2o1. The van der Waals surface area contributed by atoms with Crippen molar-refractivity contribution in [3.05, 3.63) is 59.4 Å². The molecule has 3 aromatic rings. The molecule has 4 rings (SSSR count). The summed E-state index contributed by atoms with van der Waals surface area (Å²) in [6, 6.07) is 9.44. The topological polar surface area (TPSA) is 88.8 Å². The van der Waals surface area contributed by atoms with E-state index in [2.05, 4.69) is 0 Å². The number of rotatable bonds is 7. The predicted molar refractivity (Wildman–Crippen MR) is 106 cm³/mol. The standard InChI is InChI=1S/C21H20F3NO5S/c1-2-29-16-5-3-4-6-19(16)31(27,28)25-20(26)18-11-14-15(21(22,23)24)9-13(12-7-8-12)10-17(14)30-18/h3-6,9-12,20,25-26H,2,7-8H2,1H3. The number of ether oxygens (including phenoxy) is 1. The lowest BCUT2D eigenvalue weighted by Crippen LogP contribution is -2.28. The van der Waals surface area contributed by atoms with Crippen molar-refractivity contribution in [2.24, 2.45) is 0 Å². The van der Waals surface area contributed by atoms with Crippen molar-refractivity contribution in [2.75, 3.05) is 6.61 Å². The van der Waals surface area contributed by atoms with Gasteiger partial charge in [0.1, 0.15) is 22.0 Å². The Hall–Kier alpha value is -2.56. The van der Waals surface area contributed by atoms with E-state index in [1.54, 1.807) is 13.0 Å². The van der Waals surface area contributed by atoms with Crippen molar-refractivity contribution in [2.45, 2.75) is 43.0 Å². The van der Waals surface area contributed by atoms with Gasteiger partial charge in [-0.1, -0.05) is 12.1 Å². The fraction of sp³-hybridized carbons (Fsp3) is 0.333. The maximum atomic E-state index is 13.6. The molecule has 1 aliphatic carbocycles. The number of para-hydroxylation sites is 1. The molecule has 0 spiro atoms. The Balaban J connectivity index is 1.69. The summed E-state index contributed by atoms with van der Waals surface area (Å²) in [7, 11) is -4.26. The summed E-state index contributed by atoms with van der Waals surface area (Å²) in [5.41, 5.74) is -0.417. The van der Waals surface area contributed by atoms with E-state index in [4.69, 9.17) is 9.15 Å². The molecule has 0 aliphatic heterocycles. The Bertz CT molecular complexity index is 1220. The molecule has 166 valence electrons. The summed E-state index contributed by atoms with van der Waals surface area (Å²) in [6.45, 7) is 1.91. The van der Waals surface area contributed by atoms with E-state index in [1.165, 1.54) is 24.3 Å². The Morgan fingerprint density at radius 3 is 2.58 bits per heavy atom. The third-order valence-corrected chi connectivity index (χ3v) is 6.46. The maximum Gasteiger partial charge on any atom is 0.417 e. The zero-order chi connectivity index (χ0) is 22.4. The number of aliphatic hydroxyl groups excluding tert-OH is 1. The minimum Gasteiger partial charge on any atom is -0.492 e. The second-order valence-corrected chi connectivity index (χ2v) is 8.99. The fourth-order valence-corrected chi connectivity index (χ4v) is 4.60. The molecule has 1 saturated carbocycles. The zero-order valence-electron chi connectivity index (χ0n) is 16.4. The van der Waals surface area contributed by atoms with Crippen LogP contribution in [0.5, 0.6) is 5.75 Å². The predicted octanol–water partition coefficient (Wildman–Crippen LogP) is 4.70. The van der Waals surface area contributed by atoms with E-state index in [0.29, 0.717) is 5.56 Å². The lowest BCUT2D eigenvalue weighted by Gasteiger charge is -2.14. The van der Waals surface area contributed by atoms with Gasteiger partial charge in [-0.15, -0.1) is 0 Å². The van der Waals surface area contributed by atoms with Crippen molar-refractivity contribution < 1.29 is 35.8 Å². The lowest BCUT2D eigenvalue weighted by molar-refractivity contribution is -0.136. The van der Waals surface area contributed by atoms with E-state index < -0.39 is 28.0 Å². The van der Waals surface area contributed by atoms with Crippen LogP contribution in [-0.2, 0) is 16.2 Å². The first kappa shape index (κ1) is 21.7. The van der Waals surface area contributed by atoms with E-state index in [1.807, 2.05) is 4.72 Å². The molecule has 0 radical (unpaired) electrons. The number of nitrogens with one attached hydrogen (secondary N) is 1. The van der Waals surface area contributed by atoms with Crippen molar-refractivity contribution in [3.8, 4) is 5.75 Å². The molecule has 1 fully saturated rings. The number of aliphatic hydroxyl groups is 1. The molecule has 1 aliphatic rings. The average Bonchev–Trinajstić information content (AvgIpc) is 3.45. The van der Waals surface area contributed by atoms with Crippen LogP contribution in [-0.4, -0.2) is 20.1 Å². The molecule has 1 aromatic heterocycles. The highest BCUT2D eigenvalue weighted by atomic mass is 32.2. The van der Waals surface area contributed by atoms with Crippen LogP contribution in [0.15, 0.2) is 51.8 Å². The van der Waals surface area contributed by atoms with E-state index >= 15 is 0 Å². The molecule has 0 bridgehead atoms. The minimum atomic E-state index is -4.62. The quantitative estimate of drug-likeness (QED) is 0.505. The van der Waals surface area contributed by atoms with E-state index in [9.17, 15) is 26.7 Å². The molecule has 0 amide bonds. The summed E-state index contributed by atoms with van der Waals surface area (Å²) in [6.07, 6.45) is -4.90. The molecule has 1 atom stereocenters. The number of hydrogen-bond acceptors (Lipinski definition) is 5. The summed E-state index contributed by atoms with van der Waals surface area (Å²) < 4.78 is 78.9. The third kappa shape index (κ3) is 4.41. The highest BCUT2D eigenvalue weighted by Crippen LogP contribution is 2.45. The van der Waals surface area contributed by atoms with Crippen LogP contribution >= 0.6 is 0 Å². The number of furan rings is 1. The Labute approximate surface area is 176 Å². The highest BCUT2D eigenvalue weighted by molar-refractivity contribution is 7.89. The van der Waals surface area contributed by atoms with Crippen LogP contribution in [0.3, 0.4) is 0 Å². The van der Waals surface area contributed by atoms with Crippen LogP contribution in [0, 0.1) is 0 Å². The molecule has 31 heavy (non-hydrogen) atoms. The van der Waals surface area contributed by atoms with Gasteiger partial charge in [0.2, 0.25) is 10.0 Å². The van der Waals surface area contributed by atoms with Gasteiger partial charge in [-0.25, -0.2) is 8.42 Å². The van der Waals surface area contributed by atoms with Gasteiger partial charge in [-0.05, 0) is 61.6 Å². The van der Waals surface area contributed by atoms with Gasteiger partial charge in [0.25, 0.3) is 0 Å². The summed E-state index contributed by atoms with van der Waals surface area (Å²) >= 11 is 0. The summed E-state index contributed by atoms with van der Waals surface area (Å²) in [5, 5.41) is 10.2. The number of alkyl halides is 3. The molecule has 6 nitrogen and oxygen atoms in total. The van der Waals surface area contributed by atoms with Crippen molar-refractivity contribution in [3.63, 3.8) is 0 Å². The van der Waals surface area contributed by atoms with Gasteiger partial charge in [-0.3, -0.25) is 0 Å². The molecular formula is C21H20F3NO5S. The molecule has 0 saturated heterocycles. The number of fused-ring (bicyclic) bond motifs is 1. The first-order valence-corrected chi connectivity index (χ1v) is 11.1. The van der Waals surface area contributed by atoms with Crippen molar-refractivity contribution in [1.29, 1.82) is 0 Å². The average molecular weight is 455 g/mol. The zero-order valence-corrected chi connectivity index (χ0v) is 17.3. The van der Waals surface area contributed by atoms with Gasteiger partial charge in [0.15, 0.2) is 6.23 Å². The number of benzene rings is 2. The Morgan fingerprint density at radius 2 is 1.94 bits per heavy atom. The van der Waals surface area contributed by atoms with Crippen LogP contribution in [0.4, 0.5) is 13.2 Å². The van der Waals surface area contributed by atoms with Gasteiger partial charge in [-0.2, -0.15) is 17.9 Å². The number of hydrogen-bond donors (Lipinski definition) is 2. The van der Waals surface area contributed by atoms with E-state index in [0.717, 1.165) is 25.0 Å². The van der Waals surface area contributed by atoms with E-state index in [-0.39, 0.29) is 39.9 Å². The van der Waals surface area contributed by atoms with Gasteiger partial charge in [0, 0.05) is 5.39 Å². The van der Waals surface area contributed by atoms with Gasteiger partial charge >= 0.3 is 6.18 Å². The smallest absolute Gasteiger partial charge is 0.417 e. The van der Waals surface area contributed by atoms with Crippen LogP contribution in [0.1, 0.15) is 48.8 Å². The monoisotopic (exact) mass is 455 g/mol. The molecule has 1 unspecified atom stereocenters. The first-order chi connectivity index (χ1) is 14.6. The largest absolute Gasteiger partial charge is 0.492 e. The second kappa shape index (κ2) is 7.85. The fourth-order valence-electron chi connectivity index (χ4n) is 3.42. The molecule has 1 heterocycles. The van der Waals surface area contributed by atoms with Crippen molar-refractivity contribution >= 4 is 21.0 Å². The van der Waals surface area contributed by atoms with Gasteiger partial charge < -0.3 is 14.3 Å². The highest BCUT2D eigenvalue weighted by Gasteiger charge is 2.36. The van der Waals surface area contributed by atoms with Crippen molar-refractivity contribution in [1.82, 2.24) is 4.72 Å². The Kier molecular flexibility index (Phi) is 5.48. The normalized spacial score (nSPS) is 15.9. The van der Waals surface area contributed by atoms with Crippen LogP contribution < -0.4 is 9.46 Å². The lowest BCUT2D eigenvalue weighted by atomic mass is 10.0. The third-order valence-electron chi connectivity index (χ3n) is 5.01. The second-order valence-electron chi connectivity index (χ2n) is 7.30. The molecule has 2 N–H and O–H groups in total. The molecule has 2 aromatic carbocycles. The number of sulfonamides is 1. The number of halogens is 3. The molecule has 10 heteroatoms. The van der Waals surface area contributed by atoms with Crippen LogP contribution in [0.25, 0.3) is 11.0 Å². The van der Waals surface area contributed by atoms with Crippen LogP contribution in [0.2, 0.25) is 0 Å². The molecular weight excluding hydrogens is 435 g/mol. The summed E-state index contributed by atoms with van der Waals surface area (Å²) in [4.78, 5) is -0.209. The summed E-state index contributed by atoms with van der Waals surface area (Å²) in [5.74, 6) is -0.203. The maximum absolute atomic E-state index is 13.6. The Morgan fingerprint density at radius 1 is 1.23 bits per heavy atom. The minimum absolute atomic E-state index is 0.0533. The van der Waals surface area contributed by atoms with Gasteiger partial charge in [0.05, 0.1) is 12.2 Å². The first-order valence-electron chi connectivity index (χ1n) is 9.67.